The summed E-state index contributed by atoms with van der Waals surface area (Å²) < 4.78 is 5.46. The first kappa shape index (κ1) is 33.6. The van der Waals surface area contributed by atoms with Crippen LogP contribution >= 0.6 is 23.2 Å². The number of hydrogen-bond acceptors (Lipinski definition) is 2. The maximum absolute atomic E-state index is 6.28. The van der Waals surface area contributed by atoms with E-state index < -0.39 is 0 Å². The van der Waals surface area contributed by atoms with Crippen LogP contribution in [0.25, 0.3) is 17.2 Å². The first-order valence-corrected chi connectivity index (χ1v) is 16.9. The summed E-state index contributed by atoms with van der Waals surface area (Å²) in [7, 11) is 1.68. The molecular weight excluding hydrogens is 641 g/mol. The van der Waals surface area contributed by atoms with Crippen LogP contribution in [0.5, 0.6) is 5.75 Å². The molecule has 6 rings (SSSR count). The van der Waals surface area contributed by atoms with Crippen molar-refractivity contribution in [3.05, 3.63) is 213 Å². The fourth-order valence-electron chi connectivity index (χ4n) is 5.57. The van der Waals surface area contributed by atoms with Crippen LogP contribution in [0, 0.1) is 13.8 Å². The Morgan fingerprint density at radius 1 is 0.510 bits per heavy atom. The summed E-state index contributed by atoms with van der Waals surface area (Å²) >= 11 is 12.6. The molecule has 0 heterocycles. The van der Waals surface area contributed by atoms with Crippen molar-refractivity contribution in [1.29, 1.82) is 0 Å². The Kier molecular flexibility index (Phi) is 10.8. The first-order chi connectivity index (χ1) is 23.9. The molecule has 4 heteroatoms. The molecule has 49 heavy (non-hydrogen) atoms. The topological polar surface area (TPSA) is 12.5 Å². The van der Waals surface area contributed by atoms with E-state index in [0.29, 0.717) is 10.0 Å². The van der Waals surface area contributed by atoms with E-state index in [9.17, 15) is 0 Å². The van der Waals surface area contributed by atoms with Gasteiger partial charge in [0.25, 0.3) is 0 Å². The lowest BCUT2D eigenvalue weighted by Crippen LogP contribution is -2.10. The van der Waals surface area contributed by atoms with E-state index in [0.717, 1.165) is 39.4 Å². The Labute approximate surface area is 299 Å². The third-order valence-electron chi connectivity index (χ3n) is 8.37. The van der Waals surface area contributed by atoms with Crippen molar-refractivity contribution in [2.24, 2.45) is 0 Å². The molecule has 0 aromatic heterocycles. The van der Waals surface area contributed by atoms with Crippen LogP contribution in [0.1, 0.15) is 38.9 Å². The van der Waals surface area contributed by atoms with Gasteiger partial charge in [0.15, 0.2) is 0 Å². The number of benzene rings is 6. The number of aryl methyl sites for hydroxylation is 2. The Bertz CT molecular complexity index is 1980. The van der Waals surface area contributed by atoms with Gasteiger partial charge in [-0.3, -0.25) is 0 Å². The van der Waals surface area contributed by atoms with E-state index in [1.165, 1.54) is 27.8 Å². The zero-order chi connectivity index (χ0) is 34.2. The average Bonchev–Trinajstić information content (AvgIpc) is 3.13. The number of rotatable bonds is 10. The van der Waals surface area contributed by atoms with Crippen molar-refractivity contribution in [2.75, 3.05) is 12.0 Å². The highest BCUT2D eigenvalue weighted by Gasteiger charge is 2.13. The van der Waals surface area contributed by atoms with Gasteiger partial charge in [-0.15, -0.1) is 0 Å². The molecule has 0 saturated carbocycles. The summed E-state index contributed by atoms with van der Waals surface area (Å²) in [5.41, 5.74) is 12.3. The fraction of sp³-hybridized carbons (Fsp3) is 0.0667. The fourth-order valence-corrected chi connectivity index (χ4v) is 5.82. The summed E-state index contributed by atoms with van der Waals surface area (Å²) in [5, 5.41) is 1.38. The van der Waals surface area contributed by atoms with E-state index in [4.69, 9.17) is 27.9 Å². The third-order valence-corrected chi connectivity index (χ3v) is 8.87. The van der Waals surface area contributed by atoms with Crippen molar-refractivity contribution < 1.29 is 4.74 Å². The molecule has 0 saturated heterocycles. The lowest BCUT2D eigenvalue weighted by Gasteiger charge is -2.24. The molecule has 0 spiro atoms. The molecule has 0 unspecified atom stereocenters. The van der Waals surface area contributed by atoms with Crippen LogP contribution < -0.4 is 9.64 Å². The van der Waals surface area contributed by atoms with Crippen molar-refractivity contribution >= 4 is 51.8 Å². The Morgan fingerprint density at radius 3 is 1.37 bits per heavy atom. The largest absolute Gasteiger partial charge is 0.497 e. The highest BCUT2D eigenvalue weighted by atomic mass is 35.5. The maximum Gasteiger partial charge on any atom is 0.119 e. The van der Waals surface area contributed by atoms with Crippen molar-refractivity contribution in [3.63, 3.8) is 0 Å². The Hall–Kier alpha value is -5.28. The number of allylic oxidation sites excluding steroid dienone is 2. The van der Waals surface area contributed by atoms with E-state index >= 15 is 0 Å². The van der Waals surface area contributed by atoms with Crippen LogP contribution in [0.2, 0.25) is 10.0 Å². The number of anilines is 2. The van der Waals surface area contributed by atoms with Gasteiger partial charge in [-0.1, -0.05) is 137 Å². The van der Waals surface area contributed by atoms with E-state index in [1.54, 1.807) is 7.11 Å². The Balaban J connectivity index is 1.37. The zero-order valence-electron chi connectivity index (χ0n) is 27.8. The summed E-state index contributed by atoms with van der Waals surface area (Å²) in [6.45, 7) is 4.23. The van der Waals surface area contributed by atoms with Gasteiger partial charge < -0.3 is 9.64 Å². The summed E-state index contributed by atoms with van der Waals surface area (Å²) in [6.07, 6.45) is 8.63. The van der Waals surface area contributed by atoms with Gasteiger partial charge in [0, 0.05) is 33.2 Å². The predicted octanol–water partition coefficient (Wildman–Crippen LogP) is 13.0. The van der Waals surface area contributed by atoms with E-state index in [-0.39, 0.29) is 0 Å². The number of hydrogen-bond donors (Lipinski definition) is 0. The molecule has 0 amide bonds. The molecule has 0 bridgehead atoms. The van der Waals surface area contributed by atoms with Gasteiger partial charge in [-0.2, -0.15) is 0 Å². The molecule has 6 aromatic carbocycles. The second-order valence-electron chi connectivity index (χ2n) is 11.9. The van der Waals surface area contributed by atoms with Crippen LogP contribution in [-0.2, 0) is 0 Å². The highest BCUT2D eigenvalue weighted by Crippen LogP contribution is 2.34. The quantitative estimate of drug-likeness (QED) is 0.134. The van der Waals surface area contributed by atoms with Gasteiger partial charge in [0.1, 0.15) is 5.75 Å². The molecule has 242 valence electrons. The lowest BCUT2D eigenvalue weighted by molar-refractivity contribution is 0.415. The lowest BCUT2D eigenvalue weighted by atomic mass is 9.96. The number of ether oxygens (including phenoxy) is 1. The third kappa shape index (κ3) is 8.61. The number of nitrogens with zero attached hydrogens (tertiary/aromatic N) is 1. The average molecular weight is 679 g/mol. The van der Waals surface area contributed by atoms with Gasteiger partial charge >= 0.3 is 0 Å². The molecule has 0 N–H and O–H groups in total. The second-order valence-corrected chi connectivity index (χ2v) is 12.8. The first-order valence-electron chi connectivity index (χ1n) is 16.2. The normalized spacial score (nSPS) is 10.9. The van der Waals surface area contributed by atoms with Crippen LogP contribution in [-0.4, -0.2) is 7.11 Å². The minimum Gasteiger partial charge on any atom is -0.497 e. The zero-order valence-corrected chi connectivity index (χ0v) is 29.3. The molecular formula is C45H37Cl2NO. The molecule has 6 aromatic rings. The van der Waals surface area contributed by atoms with E-state index in [1.807, 2.05) is 60.7 Å². The summed E-state index contributed by atoms with van der Waals surface area (Å²) in [4.78, 5) is 2.19. The number of halogens is 2. The monoisotopic (exact) mass is 677 g/mol. The SMILES string of the molecule is COc1ccc(N(C=C(c2ccc(Cl)cc2)c2ccc(Cl)cc2)c2ccc(C=CC=C(c3ccc(C)cc3)c3ccc(C)cc3)cc2)cc1. The van der Waals surface area contributed by atoms with Gasteiger partial charge in [-0.05, 0) is 108 Å². The highest BCUT2D eigenvalue weighted by molar-refractivity contribution is 6.31. The van der Waals surface area contributed by atoms with Crippen LogP contribution in [0.15, 0.2) is 164 Å². The van der Waals surface area contributed by atoms with Crippen molar-refractivity contribution in [1.82, 2.24) is 0 Å². The smallest absolute Gasteiger partial charge is 0.119 e. The van der Waals surface area contributed by atoms with E-state index in [2.05, 4.69) is 128 Å². The molecule has 0 atom stereocenters. The molecule has 0 aliphatic heterocycles. The minimum absolute atomic E-state index is 0.689. The predicted molar refractivity (Wildman–Crippen MR) is 210 cm³/mol. The molecule has 0 fully saturated rings. The Morgan fingerprint density at radius 2 is 0.918 bits per heavy atom. The minimum atomic E-state index is 0.689. The van der Waals surface area contributed by atoms with Gasteiger partial charge in [0.2, 0.25) is 0 Å². The molecule has 0 radical (unpaired) electrons. The molecule has 2 nitrogen and oxygen atoms in total. The summed E-state index contributed by atoms with van der Waals surface area (Å²) in [5.74, 6) is 0.799. The summed E-state index contributed by atoms with van der Waals surface area (Å²) in [6, 6.07) is 49.9. The van der Waals surface area contributed by atoms with Crippen LogP contribution in [0.4, 0.5) is 11.4 Å². The standard InChI is InChI=1S/C45H37Cl2NO/c1-32-7-13-35(14-8-32)44(36-15-9-33(2)10-16-36)6-4-5-34-11-25-41(26-12-34)48(42-27-29-43(49-3)30-28-42)31-45(37-17-21-39(46)22-18-37)38-19-23-40(47)24-20-38/h4-31H,1-3H3. The van der Waals surface area contributed by atoms with Crippen LogP contribution in [0.3, 0.4) is 0 Å². The van der Waals surface area contributed by atoms with Gasteiger partial charge in [0.05, 0.1) is 7.11 Å². The molecule has 0 aliphatic rings. The van der Waals surface area contributed by atoms with Crippen molar-refractivity contribution in [2.45, 2.75) is 13.8 Å². The van der Waals surface area contributed by atoms with Crippen molar-refractivity contribution in [3.8, 4) is 5.75 Å². The number of methoxy groups -OCH3 is 1. The molecule has 0 aliphatic carbocycles. The second kappa shape index (κ2) is 15.7. The van der Waals surface area contributed by atoms with Gasteiger partial charge in [-0.25, -0.2) is 0 Å². The maximum atomic E-state index is 6.28.